The van der Waals surface area contributed by atoms with Crippen molar-refractivity contribution in [3.63, 3.8) is 0 Å². The van der Waals surface area contributed by atoms with Crippen LogP contribution < -0.4 is 4.74 Å². The SMILES string of the molecule is CC(C)c1cc(Cc2c(Cl)cc(OC(COC(=O)C(C)(C)C)(COC(=O)C(C)(C)C)P(=O)(O)O)cc2Cl)ccc1O. The number of carbonyl (C=O) groups is 2. The molecule has 0 fully saturated rings. The van der Waals surface area contributed by atoms with Gasteiger partial charge in [0.25, 0.3) is 5.34 Å². The van der Waals surface area contributed by atoms with Gasteiger partial charge in [-0.3, -0.25) is 14.2 Å². The maximum absolute atomic E-state index is 12.9. The normalized spacial score (nSPS) is 12.8. The maximum atomic E-state index is 12.9. The van der Waals surface area contributed by atoms with E-state index in [1.54, 1.807) is 53.7 Å². The quantitative estimate of drug-likeness (QED) is 0.189. The number of carbonyl (C=O) groups excluding carboxylic acids is 2. The molecule has 0 heterocycles. The summed E-state index contributed by atoms with van der Waals surface area (Å²) in [5.74, 6) is -1.38. The van der Waals surface area contributed by atoms with E-state index < -0.39 is 48.9 Å². The van der Waals surface area contributed by atoms with Crippen LogP contribution in [0.3, 0.4) is 0 Å². The van der Waals surface area contributed by atoms with Gasteiger partial charge in [0.15, 0.2) is 0 Å². The molecule has 0 atom stereocenters. The first-order valence-electron chi connectivity index (χ1n) is 13.0. The Kier molecular flexibility index (Phi) is 11.0. The Labute approximate surface area is 251 Å². The average Bonchev–Trinajstić information content (AvgIpc) is 2.81. The first-order chi connectivity index (χ1) is 18.6. The van der Waals surface area contributed by atoms with E-state index in [0.29, 0.717) is 12.0 Å². The van der Waals surface area contributed by atoms with E-state index in [9.17, 15) is 29.0 Å². The van der Waals surface area contributed by atoms with Crippen LogP contribution in [-0.2, 0) is 30.0 Å². The van der Waals surface area contributed by atoms with Gasteiger partial charge in [-0.05, 0) is 82.3 Å². The van der Waals surface area contributed by atoms with Crippen molar-refractivity contribution >= 4 is 42.7 Å². The first kappa shape index (κ1) is 34.9. The number of esters is 2. The minimum Gasteiger partial charge on any atom is -0.508 e. The number of aromatic hydroxyl groups is 1. The van der Waals surface area contributed by atoms with Gasteiger partial charge in [0.05, 0.1) is 10.8 Å². The van der Waals surface area contributed by atoms with Crippen LogP contribution in [0.5, 0.6) is 11.5 Å². The Morgan fingerprint density at radius 2 is 1.34 bits per heavy atom. The maximum Gasteiger partial charge on any atom is 0.376 e. The van der Waals surface area contributed by atoms with Crippen molar-refractivity contribution in [3.8, 4) is 11.5 Å². The molecular weight excluding hydrogens is 594 g/mol. The lowest BCUT2D eigenvalue weighted by molar-refractivity contribution is -0.164. The van der Waals surface area contributed by atoms with Crippen molar-refractivity contribution in [1.29, 1.82) is 0 Å². The fraction of sp³-hybridized carbons (Fsp3) is 0.517. The van der Waals surface area contributed by atoms with E-state index in [-0.39, 0.29) is 27.5 Å². The second-order valence-electron chi connectivity index (χ2n) is 12.3. The molecule has 0 aliphatic carbocycles. The van der Waals surface area contributed by atoms with Crippen molar-refractivity contribution < 1.29 is 43.3 Å². The summed E-state index contributed by atoms with van der Waals surface area (Å²) in [6.45, 7) is 11.5. The lowest BCUT2D eigenvalue weighted by Crippen LogP contribution is -2.48. The average molecular weight is 634 g/mol. The zero-order valence-electron chi connectivity index (χ0n) is 24.6. The van der Waals surface area contributed by atoms with E-state index in [2.05, 4.69) is 0 Å². The lowest BCUT2D eigenvalue weighted by Gasteiger charge is -2.35. The van der Waals surface area contributed by atoms with E-state index in [1.165, 1.54) is 12.1 Å². The minimum atomic E-state index is -5.29. The van der Waals surface area contributed by atoms with Gasteiger partial charge in [0, 0.05) is 16.5 Å². The number of phenolic OH excluding ortho intramolecular Hbond substituents is 1. The summed E-state index contributed by atoms with van der Waals surface area (Å²) >= 11 is 13.1. The molecule has 0 aromatic heterocycles. The molecule has 3 N–H and O–H groups in total. The van der Waals surface area contributed by atoms with Gasteiger partial charge in [-0.1, -0.05) is 49.2 Å². The van der Waals surface area contributed by atoms with E-state index in [1.807, 2.05) is 19.9 Å². The molecule has 0 aliphatic heterocycles. The zero-order chi connectivity index (χ0) is 31.6. The van der Waals surface area contributed by atoms with Gasteiger partial charge in [-0.2, -0.15) is 0 Å². The number of hydrogen-bond acceptors (Lipinski definition) is 7. The summed E-state index contributed by atoms with van der Waals surface area (Å²) < 4.78 is 29.2. The summed E-state index contributed by atoms with van der Waals surface area (Å²) in [6, 6.07) is 7.84. The highest BCUT2D eigenvalue weighted by Crippen LogP contribution is 2.52. The molecule has 0 saturated heterocycles. The summed E-state index contributed by atoms with van der Waals surface area (Å²) in [5, 5.41) is 7.84. The van der Waals surface area contributed by atoms with Crippen LogP contribution in [0.2, 0.25) is 10.0 Å². The smallest absolute Gasteiger partial charge is 0.376 e. The lowest BCUT2D eigenvalue weighted by atomic mass is 9.96. The van der Waals surface area contributed by atoms with Crippen LogP contribution in [-0.4, -0.2) is 45.4 Å². The van der Waals surface area contributed by atoms with Crippen LogP contribution in [0.1, 0.15) is 78.0 Å². The largest absolute Gasteiger partial charge is 0.508 e. The first-order valence-corrected chi connectivity index (χ1v) is 15.3. The molecule has 228 valence electrons. The summed E-state index contributed by atoms with van der Waals surface area (Å²) in [7, 11) is -5.29. The number of rotatable bonds is 10. The topological polar surface area (TPSA) is 140 Å². The van der Waals surface area contributed by atoms with E-state index >= 15 is 0 Å². The Morgan fingerprint density at radius 1 is 0.878 bits per heavy atom. The molecule has 41 heavy (non-hydrogen) atoms. The summed E-state index contributed by atoms with van der Waals surface area (Å²) in [5.41, 5.74) is 0.134. The van der Waals surface area contributed by atoms with Crippen molar-refractivity contribution in [2.24, 2.45) is 10.8 Å². The molecule has 0 radical (unpaired) electrons. The number of hydrogen-bond donors (Lipinski definition) is 3. The van der Waals surface area contributed by atoms with Crippen molar-refractivity contribution in [2.45, 2.75) is 73.1 Å². The molecule has 2 rings (SSSR count). The number of benzene rings is 2. The van der Waals surface area contributed by atoms with Crippen LogP contribution in [0.15, 0.2) is 30.3 Å². The molecule has 2 aromatic carbocycles. The molecule has 0 aliphatic rings. The zero-order valence-corrected chi connectivity index (χ0v) is 27.0. The summed E-state index contributed by atoms with van der Waals surface area (Å²) in [4.78, 5) is 45.8. The predicted octanol–water partition coefficient (Wildman–Crippen LogP) is 6.84. The molecule has 12 heteroatoms. The molecule has 2 aromatic rings. The second-order valence-corrected chi connectivity index (χ2v) is 15.1. The number of phenols is 1. The fourth-order valence-corrected chi connectivity index (χ4v) is 4.82. The van der Waals surface area contributed by atoms with Gasteiger partial charge < -0.3 is 29.1 Å². The van der Waals surface area contributed by atoms with Gasteiger partial charge in [0.1, 0.15) is 24.7 Å². The van der Waals surface area contributed by atoms with Crippen molar-refractivity contribution in [1.82, 2.24) is 0 Å². The molecule has 0 amide bonds. The highest BCUT2D eigenvalue weighted by atomic mass is 35.5. The third kappa shape index (κ3) is 9.10. The van der Waals surface area contributed by atoms with Crippen LogP contribution in [0, 0.1) is 10.8 Å². The van der Waals surface area contributed by atoms with Crippen molar-refractivity contribution in [2.75, 3.05) is 13.2 Å². The molecule has 0 bridgehead atoms. The Hall–Kier alpha value is -2.29. The highest BCUT2D eigenvalue weighted by Gasteiger charge is 2.53. The molecule has 0 unspecified atom stereocenters. The molecule has 0 saturated carbocycles. The standard InChI is InChI=1S/C29H39Cl2O9P/c1-17(2)20-11-18(9-10-24(20)32)12-21-22(30)13-19(14-23(21)31)40-29(41(35,36)37,15-38-25(33)27(3,4)5)16-39-26(34)28(6,7)8/h9-11,13-14,17,32H,12,15-16H2,1-8H3,(H2,35,36,37). The predicted molar refractivity (Wildman–Crippen MR) is 158 cm³/mol. The van der Waals surface area contributed by atoms with Crippen LogP contribution in [0.4, 0.5) is 0 Å². The van der Waals surface area contributed by atoms with Crippen molar-refractivity contribution in [3.05, 3.63) is 57.1 Å². The highest BCUT2D eigenvalue weighted by molar-refractivity contribution is 7.53. The molecule has 9 nitrogen and oxygen atoms in total. The Morgan fingerprint density at radius 3 is 1.73 bits per heavy atom. The van der Waals surface area contributed by atoms with Gasteiger partial charge in [0.2, 0.25) is 0 Å². The number of halogens is 2. The minimum absolute atomic E-state index is 0.0808. The van der Waals surface area contributed by atoms with Gasteiger partial charge >= 0.3 is 19.5 Å². The monoisotopic (exact) mass is 632 g/mol. The Bertz CT molecular complexity index is 1270. The fourth-order valence-electron chi connectivity index (χ4n) is 3.53. The molecular formula is C29H39Cl2O9P. The van der Waals surface area contributed by atoms with E-state index in [4.69, 9.17) is 37.4 Å². The van der Waals surface area contributed by atoms with Crippen LogP contribution in [0.25, 0.3) is 0 Å². The van der Waals surface area contributed by atoms with Gasteiger partial charge in [-0.15, -0.1) is 0 Å². The second kappa shape index (κ2) is 12.9. The van der Waals surface area contributed by atoms with Gasteiger partial charge in [-0.25, -0.2) is 0 Å². The van der Waals surface area contributed by atoms with Crippen LogP contribution >= 0.6 is 30.8 Å². The third-order valence-corrected chi connectivity index (χ3v) is 8.22. The third-order valence-electron chi connectivity index (χ3n) is 6.13. The molecule has 0 spiro atoms. The number of ether oxygens (including phenoxy) is 3. The van der Waals surface area contributed by atoms with E-state index in [0.717, 1.165) is 11.1 Å². The Balaban J connectivity index is 2.50. The summed E-state index contributed by atoms with van der Waals surface area (Å²) in [6.07, 6.45) is 0.300.